The van der Waals surface area contributed by atoms with Gasteiger partial charge in [0, 0.05) is 10.6 Å². The van der Waals surface area contributed by atoms with Crippen LogP contribution in [0, 0.1) is 6.92 Å². The summed E-state index contributed by atoms with van der Waals surface area (Å²) in [5.41, 5.74) is 7.02. The van der Waals surface area contributed by atoms with Gasteiger partial charge in [-0.15, -0.1) is 0 Å². The van der Waals surface area contributed by atoms with Crippen molar-refractivity contribution in [3.05, 3.63) is 59.2 Å². The molecule has 2 aromatic carbocycles. The summed E-state index contributed by atoms with van der Waals surface area (Å²) in [7, 11) is -1.32. The number of anilines is 1. The maximum absolute atomic E-state index is 12.5. The molecule has 0 aromatic heterocycles. The average Bonchev–Trinajstić information content (AvgIpc) is 2.41. The number of nitrogens with two attached hydrogens (primary N) is 1. The highest BCUT2D eigenvalue weighted by molar-refractivity contribution is 7.84. The molecular formula is C15H14F3NOS. The van der Waals surface area contributed by atoms with Crippen LogP contribution in [-0.2, 0) is 22.7 Å². The zero-order chi connectivity index (χ0) is 15.6. The lowest BCUT2D eigenvalue weighted by Crippen LogP contribution is -2.05. The summed E-state index contributed by atoms with van der Waals surface area (Å²) in [4.78, 5) is 0.613. The molecule has 0 heterocycles. The molecule has 6 heteroatoms. The van der Waals surface area contributed by atoms with Crippen LogP contribution < -0.4 is 5.73 Å². The molecule has 0 spiro atoms. The van der Waals surface area contributed by atoms with Crippen LogP contribution in [0.1, 0.15) is 16.7 Å². The van der Waals surface area contributed by atoms with Gasteiger partial charge in [0.15, 0.2) is 0 Å². The molecule has 0 saturated carbocycles. The standard InChI is InChI=1S/C15H14F3NOS/c1-10-8-13(6-7-14(10)19)21(20)9-11-2-4-12(5-3-11)15(16,17)18/h2-8H,9,19H2,1H3. The molecule has 0 aliphatic rings. The van der Waals surface area contributed by atoms with Crippen molar-refractivity contribution in [2.45, 2.75) is 23.7 Å². The Balaban J connectivity index is 2.14. The van der Waals surface area contributed by atoms with Gasteiger partial charge in [0.1, 0.15) is 0 Å². The molecule has 2 aromatic rings. The van der Waals surface area contributed by atoms with E-state index in [4.69, 9.17) is 5.73 Å². The van der Waals surface area contributed by atoms with Gasteiger partial charge >= 0.3 is 6.18 Å². The minimum atomic E-state index is -4.36. The van der Waals surface area contributed by atoms with Gasteiger partial charge in [-0.2, -0.15) is 13.2 Å². The Labute approximate surface area is 123 Å². The molecule has 0 aliphatic heterocycles. The van der Waals surface area contributed by atoms with Crippen molar-refractivity contribution in [3.8, 4) is 0 Å². The Kier molecular flexibility index (Phi) is 4.37. The Morgan fingerprint density at radius 3 is 2.24 bits per heavy atom. The molecular weight excluding hydrogens is 299 g/mol. The number of hydrogen-bond donors (Lipinski definition) is 1. The smallest absolute Gasteiger partial charge is 0.399 e. The SMILES string of the molecule is Cc1cc(S(=O)Cc2ccc(C(F)(F)F)cc2)ccc1N. The Hall–Kier alpha value is -1.82. The van der Waals surface area contributed by atoms with Crippen LogP contribution in [-0.4, -0.2) is 4.21 Å². The van der Waals surface area contributed by atoms with E-state index < -0.39 is 22.5 Å². The normalized spacial score (nSPS) is 13.1. The summed E-state index contributed by atoms with van der Waals surface area (Å²) >= 11 is 0. The fraction of sp³-hybridized carbons (Fsp3) is 0.200. The summed E-state index contributed by atoms with van der Waals surface area (Å²) < 4.78 is 49.6. The monoisotopic (exact) mass is 313 g/mol. The quantitative estimate of drug-likeness (QED) is 0.873. The second-order valence-corrected chi connectivity index (χ2v) is 6.15. The average molecular weight is 313 g/mol. The molecule has 0 fully saturated rings. The van der Waals surface area contributed by atoms with Crippen LogP contribution in [0.15, 0.2) is 47.4 Å². The van der Waals surface area contributed by atoms with E-state index in [-0.39, 0.29) is 5.75 Å². The van der Waals surface area contributed by atoms with Gasteiger partial charge in [0.2, 0.25) is 0 Å². The van der Waals surface area contributed by atoms with Gasteiger partial charge < -0.3 is 5.73 Å². The minimum Gasteiger partial charge on any atom is -0.399 e. The zero-order valence-corrected chi connectivity index (χ0v) is 12.1. The van der Waals surface area contributed by atoms with E-state index >= 15 is 0 Å². The van der Waals surface area contributed by atoms with Gasteiger partial charge in [-0.3, -0.25) is 4.21 Å². The van der Waals surface area contributed by atoms with Crippen LogP contribution in [0.5, 0.6) is 0 Å². The number of hydrogen-bond acceptors (Lipinski definition) is 2. The van der Waals surface area contributed by atoms with Crippen LogP contribution >= 0.6 is 0 Å². The lowest BCUT2D eigenvalue weighted by Gasteiger charge is -2.08. The number of nitrogen functional groups attached to an aromatic ring is 1. The first-order chi connectivity index (χ1) is 9.77. The Morgan fingerprint density at radius 2 is 1.71 bits per heavy atom. The fourth-order valence-corrected chi connectivity index (χ4v) is 3.00. The summed E-state index contributed by atoms with van der Waals surface area (Å²) in [5, 5.41) is 0. The van der Waals surface area contributed by atoms with E-state index in [1.807, 2.05) is 6.92 Å². The van der Waals surface area contributed by atoms with Crippen LogP contribution in [0.4, 0.5) is 18.9 Å². The second-order valence-electron chi connectivity index (χ2n) is 4.70. The number of alkyl halides is 3. The molecule has 1 atom stereocenters. The van der Waals surface area contributed by atoms with Gasteiger partial charge in [-0.1, -0.05) is 12.1 Å². The Bertz CT molecular complexity index is 666. The van der Waals surface area contributed by atoms with E-state index in [2.05, 4.69) is 0 Å². The van der Waals surface area contributed by atoms with E-state index in [1.165, 1.54) is 12.1 Å². The molecule has 0 amide bonds. The number of aryl methyl sites for hydroxylation is 1. The maximum Gasteiger partial charge on any atom is 0.416 e. The van der Waals surface area contributed by atoms with E-state index in [9.17, 15) is 17.4 Å². The lowest BCUT2D eigenvalue weighted by atomic mass is 10.1. The highest BCUT2D eigenvalue weighted by Gasteiger charge is 2.29. The molecule has 0 radical (unpaired) electrons. The fourth-order valence-electron chi connectivity index (χ4n) is 1.81. The topological polar surface area (TPSA) is 43.1 Å². The zero-order valence-electron chi connectivity index (χ0n) is 11.3. The molecule has 0 saturated heterocycles. The van der Waals surface area contributed by atoms with Crippen molar-refractivity contribution >= 4 is 16.5 Å². The first-order valence-electron chi connectivity index (χ1n) is 6.18. The third-order valence-corrected chi connectivity index (χ3v) is 4.46. The first-order valence-corrected chi connectivity index (χ1v) is 7.50. The maximum atomic E-state index is 12.5. The van der Waals surface area contributed by atoms with Crippen LogP contribution in [0.2, 0.25) is 0 Å². The van der Waals surface area contributed by atoms with Crippen molar-refractivity contribution < 1.29 is 17.4 Å². The number of benzene rings is 2. The second kappa shape index (κ2) is 5.89. The van der Waals surface area contributed by atoms with E-state index in [0.717, 1.165) is 17.7 Å². The molecule has 2 nitrogen and oxygen atoms in total. The molecule has 0 bridgehead atoms. The first kappa shape index (κ1) is 15.6. The molecule has 2 N–H and O–H groups in total. The molecule has 21 heavy (non-hydrogen) atoms. The molecule has 0 aliphatic carbocycles. The van der Waals surface area contributed by atoms with Crippen molar-refractivity contribution in [1.29, 1.82) is 0 Å². The van der Waals surface area contributed by atoms with Gasteiger partial charge in [0.05, 0.1) is 22.1 Å². The van der Waals surface area contributed by atoms with Crippen molar-refractivity contribution in [3.63, 3.8) is 0 Å². The highest BCUT2D eigenvalue weighted by Crippen LogP contribution is 2.29. The van der Waals surface area contributed by atoms with E-state index in [0.29, 0.717) is 16.1 Å². The minimum absolute atomic E-state index is 0.168. The van der Waals surface area contributed by atoms with E-state index in [1.54, 1.807) is 18.2 Å². The van der Waals surface area contributed by atoms with Gasteiger partial charge in [0.25, 0.3) is 0 Å². The van der Waals surface area contributed by atoms with Crippen molar-refractivity contribution in [1.82, 2.24) is 0 Å². The molecule has 1 unspecified atom stereocenters. The summed E-state index contributed by atoms with van der Waals surface area (Å²) in [6, 6.07) is 9.78. The summed E-state index contributed by atoms with van der Waals surface area (Å²) in [6.07, 6.45) is -4.36. The van der Waals surface area contributed by atoms with Gasteiger partial charge in [-0.25, -0.2) is 0 Å². The summed E-state index contributed by atoms with van der Waals surface area (Å²) in [6.45, 7) is 1.81. The lowest BCUT2D eigenvalue weighted by molar-refractivity contribution is -0.137. The highest BCUT2D eigenvalue weighted by atomic mass is 32.2. The summed E-state index contributed by atoms with van der Waals surface area (Å²) in [5.74, 6) is 0.168. The van der Waals surface area contributed by atoms with Crippen LogP contribution in [0.3, 0.4) is 0 Å². The largest absolute Gasteiger partial charge is 0.416 e. The third-order valence-electron chi connectivity index (χ3n) is 3.08. The third kappa shape index (κ3) is 3.85. The Morgan fingerprint density at radius 1 is 1.10 bits per heavy atom. The predicted octanol–water partition coefficient (Wildman–Crippen LogP) is 3.90. The van der Waals surface area contributed by atoms with Crippen molar-refractivity contribution in [2.24, 2.45) is 0 Å². The van der Waals surface area contributed by atoms with Crippen molar-refractivity contribution in [2.75, 3.05) is 5.73 Å². The number of rotatable bonds is 3. The predicted molar refractivity (Wildman–Crippen MR) is 77.1 cm³/mol. The number of halogens is 3. The molecule has 112 valence electrons. The van der Waals surface area contributed by atoms with Crippen LogP contribution in [0.25, 0.3) is 0 Å². The molecule has 2 rings (SSSR count). The van der Waals surface area contributed by atoms with Gasteiger partial charge in [-0.05, 0) is 48.4 Å².